The van der Waals surface area contributed by atoms with Gasteiger partial charge >= 0.3 is 0 Å². The van der Waals surface area contributed by atoms with E-state index >= 15 is 0 Å². The summed E-state index contributed by atoms with van der Waals surface area (Å²) in [7, 11) is 0. The lowest BCUT2D eigenvalue weighted by Crippen LogP contribution is -2.28. The Morgan fingerprint density at radius 2 is 1.86 bits per heavy atom. The first-order chi connectivity index (χ1) is 10.8. The summed E-state index contributed by atoms with van der Waals surface area (Å²) in [5.74, 6) is 0.191. The highest BCUT2D eigenvalue weighted by atomic mass is 19.1. The lowest BCUT2D eigenvalue weighted by molar-refractivity contribution is 0.554. The molecule has 0 amide bonds. The molecule has 2 nitrogen and oxygen atoms in total. The fourth-order valence-electron chi connectivity index (χ4n) is 3.38. The zero-order valence-corrected chi connectivity index (χ0v) is 12.6. The van der Waals surface area contributed by atoms with Crippen LogP contribution in [0.3, 0.4) is 0 Å². The molecule has 1 aliphatic heterocycles. The zero-order valence-electron chi connectivity index (χ0n) is 12.6. The van der Waals surface area contributed by atoms with E-state index in [1.807, 2.05) is 12.1 Å². The van der Waals surface area contributed by atoms with Crippen molar-refractivity contribution in [2.24, 2.45) is 0 Å². The highest BCUT2D eigenvalue weighted by Crippen LogP contribution is 2.38. The summed E-state index contributed by atoms with van der Waals surface area (Å²) in [6, 6.07) is 16.6. The molecule has 1 atom stereocenters. The van der Waals surface area contributed by atoms with Crippen LogP contribution in [0.2, 0.25) is 0 Å². The molecule has 0 aromatic heterocycles. The molecule has 0 bridgehead atoms. The van der Waals surface area contributed by atoms with Crippen LogP contribution in [0.5, 0.6) is 0 Å². The number of benzene rings is 2. The second-order valence-electron chi connectivity index (χ2n) is 6.42. The quantitative estimate of drug-likeness (QED) is 0.905. The van der Waals surface area contributed by atoms with Gasteiger partial charge in [0.25, 0.3) is 0 Å². The van der Waals surface area contributed by atoms with Crippen molar-refractivity contribution in [3.05, 3.63) is 65.5 Å². The first-order valence-electron chi connectivity index (χ1n) is 8.12. The zero-order chi connectivity index (χ0) is 14.9. The molecule has 1 aliphatic carbocycles. The van der Waals surface area contributed by atoms with E-state index in [2.05, 4.69) is 40.5 Å². The topological polar surface area (TPSA) is 15.3 Å². The molecule has 1 saturated carbocycles. The van der Waals surface area contributed by atoms with Crippen molar-refractivity contribution < 1.29 is 4.39 Å². The molecule has 0 saturated heterocycles. The minimum atomic E-state index is -0.0596. The predicted molar refractivity (Wildman–Crippen MR) is 87.7 cm³/mol. The monoisotopic (exact) mass is 296 g/mol. The summed E-state index contributed by atoms with van der Waals surface area (Å²) in [4.78, 5) is 2.31. The van der Waals surface area contributed by atoms with Crippen molar-refractivity contribution in [1.82, 2.24) is 5.32 Å². The molecular formula is C19H21FN2. The molecule has 22 heavy (non-hydrogen) atoms. The van der Waals surface area contributed by atoms with Gasteiger partial charge in [-0.2, -0.15) is 0 Å². The lowest BCUT2D eigenvalue weighted by atomic mass is 10.0. The largest absolute Gasteiger partial charge is 0.366 e. The number of halogens is 1. The number of nitrogens with one attached hydrogen (secondary N) is 1. The van der Waals surface area contributed by atoms with Crippen LogP contribution in [0.1, 0.15) is 29.9 Å². The van der Waals surface area contributed by atoms with Gasteiger partial charge in [0.05, 0.1) is 0 Å². The molecule has 4 rings (SSSR count). The smallest absolute Gasteiger partial charge is 0.128 e. The van der Waals surface area contributed by atoms with E-state index in [0.717, 1.165) is 30.9 Å². The Hall–Kier alpha value is -1.87. The summed E-state index contributed by atoms with van der Waals surface area (Å²) in [6.45, 7) is 2.62. The van der Waals surface area contributed by atoms with Crippen molar-refractivity contribution in [1.29, 1.82) is 0 Å². The van der Waals surface area contributed by atoms with Crippen LogP contribution in [-0.4, -0.2) is 19.1 Å². The van der Waals surface area contributed by atoms with Gasteiger partial charge in [-0.15, -0.1) is 0 Å². The molecule has 1 heterocycles. The summed E-state index contributed by atoms with van der Waals surface area (Å²) < 4.78 is 14.3. The highest BCUT2D eigenvalue weighted by Gasteiger charge is 2.32. The third-order valence-electron chi connectivity index (χ3n) is 4.67. The molecule has 2 aromatic carbocycles. The Balaban J connectivity index is 1.57. The Morgan fingerprint density at radius 1 is 1.05 bits per heavy atom. The Bertz CT molecular complexity index is 652. The average molecular weight is 296 g/mol. The summed E-state index contributed by atoms with van der Waals surface area (Å²) in [5, 5.41) is 3.56. The molecule has 2 aliphatic rings. The van der Waals surface area contributed by atoms with Gasteiger partial charge in [0.15, 0.2) is 0 Å². The number of fused-ring (bicyclic) bond motifs is 1. The van der Waals surface area contributed by atoms with Gasteiger partial charge in [0, 0.05) is 42.8 Å². The minimum absolute atomic E-state index is 0.0596. The van der Waals surface area contributed by atoms with Gasteiger partial charge in [-0.05, 0) is 30.5 Å². The second-order valence-corrected chi connectivity index (χ2v) is 6.42. The fourth-order valence-corrected chi connectivity index (χ4v) is 3.38. The van der Waals surface area contributed by atoms with E-state index in [1.165, 1.54) is 18.4 Å². The Kier molecular flexibility index (Phi) is 3.59. The van der Waals surface area contributed by atoms with Gasteiger partial charge in [0.2, 0.25) is 0 Å². The molecular weight excluding hydrogens is 275 g/mol. The van der Waals surface area contributed by atoms with Crippen LogP contribution >= 0.6 is 0 Å². The van der Waals surface area contributed by atoms with E-state index in [-0.39, 0.29) is 11.7 Å². The fraction of sp³-hybridized carbons (Fsp3) is 0.368. The third kappa shape index (κ3) is 2.73. The SMILES string of the molecule is Fc1cccc2c1C(CNC1CC1)CN2Cc1ccccc1. The van der Waals surface area contributed by atoms with Gasteiger partial charge < -0.3 is 10.2 Å². The van der Waals surface area contributed by atoms with Crippen LogP contribution < -0.4 is 10.2 Å². The van der Waals surface area contributed by atoms with E-state index in [1.54, 1.807) is 6.07 Å². The maximum atomic E-state index is 14.3. The lowest BCUT2D eigenvalue weighted by Gasteiger charge is -2.20. The molecule has 114 valence electrons. The van der Waals surface area contributed by atoms with E-state index in [0.29, 0.717) is 6.04 Å². The van der Waals surface area contributed by atoms with Gasteiger partial charge in [-0.3, -0.25) is 0 Å². The normalized spacial score (nSPS) is 20.2. The molecule has 2 aromatic rings. The van der Waals surface area contributed by atoms with Crippen molar-refractivity contribution in [3.8, 4) is 0 Å². The van der Waals surface area contributed by atoms with Crippen molar-refractivity contribution in [2.45, 2.75) is 31.3 Å². The molecule has 1 N–H and O–H groups in total. The predicted octanol–water partition coefficient (Wildman–Crippen LogP) is 3.68. The van der Waals surface area contributed by atoms with Crippen molar-refractivity contribution >= 4 is 5.69 Å². The first kappa shape index (κ1) is 13.8. The van der Waals surface area contributed by atoms with Gasteiger partial charge in [-0.1, -0.05) is 36.4 Å². The summed E-state index contributed by atoms with van der Waals surface area (Å²) in [6.07, 6.45) is 2.54. The van der Waals surface area contributed by atoms with Crippen LogP contribution in [-0.2, 0) is 6.54 Å². The number of anilines is 1. The number of hydrogen-bond donors (Lipinski definition) is 1. The maximum absolute atomic E-state index is 14.3. The summed E-state index contributed by atoms with van der Waals surface area (Å²) in [5.41, 5.74) is 3.23. The van der Waals surface area contributed by atoms with Crippen molar-refractivity contribution in [2.75, 3.05) is 18.0 Å². The average Bonchev–Trinajstić information content (AvgIpc) is 3.30. The molecule has 3 heteroatoms. The Labute approximate surface area is 131 Å². The molecule has 1 unspecified atom stereocenters. The van der Waals surface area contributed by atoms with E-state index in [9.17, 15) is 4.39 Å². The van der Waals surface area contributed by atoms with Gasteiger partial charge in [0.1, 0.15) is 5.82 Å². The summed E-state index contributed by atoms with van der Waals surface area (Å²) >= 11 is 0. The minimum Gasteiger partial charge on any atom is -0.366 e. The van der Waals surface area contributed by atoms with Crippen molar-refractivity contribution in [3.63, 3.8) is 0 Å². The maximum Gasteiger partial charge on any atom is 0.128 e. The molecule has 0 spiro atoms. The van der Waals surface area contributed by atoms with E-state index in [4.69, 9.17) is 0 Å². The van der Waals surface area contributed by atoms with Crippen LogP contribution in [0, 0.1) is 5.82 Å². The highest BCUT2D eigenvalue weighted by molar-refractivity contribution is 5.61. The number of hydrogen-bond acceptors (Lipinski definition) is 2. The van der Waals surface area contributed by atoms with Crippen LogP contribution in [0.4, 0.5) is 10.1 Å². The standard InChI is InChI=1S/C19H21FN2/c20-17-7-4-8-18-19(17)15(11-21-16-9-10-16)13-22(18)12-14-5-2-1-3-6-14/h1-8,15-16,21H,9-13H2. The van der Waals surface area contributed by atoms with E-state index < -0.39 is 0 Å². The van der Waals surface area contributed by atoms with Crippen LogP contribution in [0.15, 0.2) is 48.5 Å². The number of nitrogens with zero attached hydrogens (tertiary/aromatic N) is 1. The third-order valence-corrected chi connectivity index (χ3v) is 4.67. The molecule has 1 fully saturated rings. The second kappa shape index (κ2) is 5.73. The first-order valence-corrected chi connectivity index (χ1v) is 8.12. The Morgan fingerprint density at radius 3 is 2.64 bits per heavy atom. The molecule has 0 radical (unpaired) electrons. The van der Waals surface area contributed by atoms with Gasteiger partial charge in [-0.25, -0.2) is 4.39 Å². The van der Waals surface area contributed by atoms with Crippen LogP contribution in [0.25, 0.3) is 0 Å². The number of rotatable bonds is 5.